The molecule has 0 spiro atoms. The number of esters is 1. The fourth-order valence-corrected chi connectivity index (χ4v) is 2.62. The molecule has 0 saturated heterocycles. The van der Waals surface area contributed by atoms with Gasteiger partial charge in [-0.2, -0.15) is 0 Å². The lowest BCUT2D eigenvalue weighted by atomic mass is 10.1. The second-order valence-electron chi connectivity index (χ2n) is 3.78. The van der Waals surface area contributed by atoms with Crippen molar-refractivity contribution in [3.8, 4) is 0 Å². The predicted octanol–water partition coefficient (Wildman–Crippen LogP) is 0.0751. The fourth-order valence-electron chi connectivity index (χ4n) is 1.42. The van der Waals surface area contributed by atoms with Crippen LogP contribution in [0.3, 0.4) is 0 Å². The standard InChI is InChI=1S/C12H16O5S/c1-17-12(15)10-4-2-3-9(5-10)7-18(16)8-11(14)6-13/h2-5,11,13-14H,6-8H2,1H3. The Morgan fingerprint density at radius 1 is 1.50 bits per heavy atom. The van der Waals surface area contributed by atoms with E-state index < -0.39 is 29.5 Å². The number of methoxy groups -OCH3 is 1. The lowest BCUT2D eigenvalue weighted by molar-refractivity contribution is 0.0600. The molecule has 100 valence electrons. The third-order valence-electron chi connectivity index (χ3n) is 2.26. The molecule has 1 aromatic rings. The van der Waals surface area contributed by atoms with Crippen molar-refractivity contribution in [2.75, 3.05) is 19.5 Å². The van der Waals surface area contributed by atoms with Gasteiger partial charge in [-0.1, -0.05) is 12.1 Å². The van der Waals surface area contributed by atoms with Crippen molar-refractivity contribution in [1.82, 2.24) is 0 Å². The Hall–Kier alpha value is -1.24. The molecule has 0 saturated carbocycles. The summed E-state index contributed by atoms with van der Waals surface area (Å²) in [7, 11) is 0.00986. The van der Waals surface area contributed by atoms with Gasteiger partial charge in [0.25, 0.3) is 0 Å². The van der Waals surface area contributed by atoms with E-state index in [1.807, 2.05) is 0 Å². The maximum Gasteiger partial charge on any atom is 0.337 e. The topological polar surface area (TPSA) is 83.8 Å². The summed E-state index contributed by atoms with van der Waals surface area (Å²) in [5.41, 5.74) is 1.12. The molecule has 0 amide bonds. The summed E-state index contributed by atoms with van der Waals surface area (Å²) in [5, 5.41) is 17.8. The first-order valence-electron chi connectivity index (χ1n) is 5.38. The Kier molecular flexibility index (Phi) is 5.97. The van der Waals surface area contributed by atoms with Crippen LogP contribution in [-0.4, -0.2) is 46.0 Å². The SMILES string of the molecule is COC(=O)c1cccc(CS(=O)CC(O)CO)c1. The zero-order chi connectivity index (χ0) is 13.5. The van der Waals surface area contributed by atoms with Crippen molar-refractivity contribution in [2.45, 2.75) is 11.9 Å². The average Bonchev–Trinajstić information content (AvgIpc) is 2.37. The summed E-state index contributed by atoms with van der Waals surface area (Å²) in [6.07, 6.45) is -0.977. The van der Waals surface area contributed by atoms with Crippen molar-refractivity contribution >= 4 is 16.8 Å². The molecule has 0 aliphatic heterocycles. The molecule has 0 aromatic heterocycles. The van der Waals surface area contributed by atoms with Crippen LogP contribution >= 0.6 is 0 Å². The third-order valence-corrected chi connectivity index (χ3v) is 3.68. The number of carbonyl (C=O) groups excluding carboxylic acids is 1. The van der Waals surface area contributed by atoms with Crippen LogP contribution in [0.1, 0.15) is 15.9 Å². The summed E-state index contributed by atoms with van der Waals surface area (Å²) < 4.78 is 16.2. The minimum absolute atomic E-state index is 0.0128. The number of hydrogen-bond donors (Lipinski definition) is 2. The highest BCUT2D eigenvalue weighted by atomic mass is 32.2. The predicted molar refractivity (Wildman–Crippen MR) is 67.6 cm³/mol. The first kappa shape index (κ1) is 14.8. The smallest absolute Gasteiger partial charge is 0.337 e. The molecule has 1 aromatic carbocycles. The number of carbonyl (C=O) groups is 1. The van der Waals surface area contributed by atoms with Crippen LogP contribution in [0.25, 0.3) is 0 Å². The average molecular weight is 272 g/mol. The van der Waals surface area contributed by atoms with Crippen LogP contribution in [0, 0.1) is 0 Å². The summed E-state index contributed by atoms with van der Waals surface area (Å²) in [4.78, 5) is 11.3. The number of aliphatic hydroxyl groups excluding tert-OH is 2. The number of benzene rings is 1. The molecule has 2 atom stereocenters. The molecule has 2 unspecified atom stereocenters. The van der Waals surface area contributed by atoms with Crippen molar-refractivity contribution in [2.24, 2.45) is 0 Å². The van der Waals surface area contributed by atoms with Crippen molar-refractivity contribution in [1.29, 1.82) is 0 Å². The van der Waals surface area contributed by atoms with Crippen LogP contribution in [0.5, 0.6) is 0 Å². The zero-order valence-corrected chi connectivity index (χ0v) is 10.9. The van der Waals surface area contributed by atoms with E-state index in [1.54, 1.807) is 24.3 Å². The maximum absolute atomic E-state index is 11.7. The number of rotatable bonds is 6. The number of ether oxygens (including phenoxy) is 1. The Morgan fingerprint density at radius 2 is 2.22 bits per heavy atom. The molecular formula is C12H16O5S. The van der Waals surface area contributed by atoms with Crippen LogP contribution < -0.4 is 0 Å². The van der Waals surface area contributed by atoms with Crippen LogP contribution in [0.15, 0.2) is 24.3 Å². The van der Waals surface area contributed by atoms with Gasteiger partial charge in [0.2, 0.25) is 0 Å². The van der Waals surface area contributed by atoms with Gasteiger partial charge in [0, 0.05) is 16.6 Å². The second kappa shape index (κ2) is 7.25. The molecule has 0 heterocycles. The molecule has 2 N–H and O–H groups in total. The first-order valence-corrected chi connectivity index (χ1v) is 6.86. The molecule has 0 aliphatic carbocycles. The first-order chi connectivity index (χ1) is 8.56. The van der Waals surface area contributed by atoms with Crippen LogP contribution in [0.4, 0.5) is 0 Å². The molecule has 18 heavy (non-hydrogen) atoms. The molecule has 1 rings (SSSR count). The third kappa shape index (κ3) is 4.56. The van der Waals surface area contributed by atoms with Gasteiger partial charge in [-0.05, 0) is 17.7 Å². The van der Waals surface area contributed by atoms with Gasteiger partial charge < -0.3 is 14.9 Å². The zero-order valence-electron chi connectivity index (χ0n) is 10.0. The van der Waals surface area contributed by atoms with Crippen molar-refractivity contribution in [3.05, 3.63) is 35.4 Å². The van der Waals surface area contributed by atoms with Gasteiger partial charge in [-0.15, -0.1) is 0 Å². The molecule has 0 bridgehead atoms. The van der Waals surface area contributed by atoms with E-state index in [1.165, 1.54) is 7.11 Å². The highest BCUT2D eigenvalue weighted by molar-refractivity contribution is 7.84. The summed E-state index contributed by atoms with van der Waals surface area (Å²) >= 11 is 0. The molecule has 0 aliphatic rings. The fraction of sp³-hybridized carbons (Fsp3) is 0.417. The van der Waals surface area contributed by atoms with Gasteiger partial charge in [0.1, 0.15) is 0 Å². The Balaban J connectivity index is 2.67. The molecule has 0 fully saturated rings. The number of hydrogen-bond acceptors (Lipinski definition) is 5. The quantitative estimate of drug-likeness (QED) is 0.716. The van der Waals surface area contributed by atoms with Crippen LogP contribution in [-0.2, 0) is 21.3 Å². The summed E-state index contributed by atoms with van der Waals surface area (Å²) in [6, 6.07) is 6.65. The van der Waals surface area contributed by atoms with Crippen molar-refractivity contribution in [3.63, 3.8) is 0 Å². The van der Waals surface area contributed by atoms with E-state index in [4.69, 9.17) is 5.11 Å². The lowest BCUT2D eigenvalue weighted by Gasteiger charge is -2.07. The van der Waals surface area contributed by atoms with E-state index in [9.17, 15) is 14.1 Å². The highest BCUT2D eigenvalue weighted by Gasteiger charge is 2.11. The van der Waals surface area contributed by atoms with Gasteiger partial charge in [-0.25, -0.2) is 4.79 Å². The monoisotopic (exact) mass is 272 g/mol. The van der Waals surface area contributed by atoms with E-state index in [-0.39, 0.29) is 11.5 Å². The summed E-state index contributed by atoms with van der Waals surface area (Å²) in [6.45, 7) is -0.409. The Labute approximate surface area is 108 Å². The molecule has 5 nitrogen and oxygen atoms in total. The van der Waals surface area contributed by atoms with Gasteiger partial charge in [0.15, 0.2) is 0 Å². The highest BCUT2D eigenvalue weighted by Crippen LogP contribution is 2.09. The molecule has 6 heteroatoms. The second-order valence-corrected chi connectivity index (χ2v) is 5.28. The van der Waals surface area contributed by atoms with Gasteiger partial charge in [0.05, 0.1) is 31.1 Å². The van der Waals surface area contributed by atoms with E-state index >= 15 is 0 Å². The van der Waals surface area contributed by atoms with E-state index in [2.05, 4.69) is 4.74 Å². The van der Waals surface area contributed by atoms with Gasteiger partial charge in [-0.3, -0.25) is 4.21 Å². The Morgan fingerprint density at radius 3 is 2.83 bits per heavy atom. The number of aliphatic hydroxyl groups is 2. The van der Waals surface area contributed by atoms with Crippen molar-refractivity contribution < 1.29 is 24.0 Å². The molecule has 0 radical (unpaired) electrons. The minimum Gasteiger partial charge on any atom is -0.465 e. The maximum atomic E-state index is 11.7. The van der Waals surface area contributed by atoms with Crippen LogP contribution in [0.2, 0.25) is 0 Å². The largest absolute Gasteiger partial charge is 0.465 e. The van der Waals surface area contributed by atoms with E-state index in [0.717, 1.165) is 5.56 Å². The minimum atomic E-state index is -1.29. The Bertz CT molecular complexity index is 432. The summed E-state index contributed by atoms with van der Waals surface area (Å²) in [5.74, 6) is -0.209. The normalized spacial score (nSPS) is 13.9. The van der Waals surface area contributed by atoms with E-state index in [0.29, 0.717) is 5.56 Å². The molecular weight excluding hydrogens is 256 g/mol. The van der Waals surface area contributed by atoms with Gasteiger partial charge >= 0.3 is 5.97 Å². The lowest BCUT2D eigenvalue weighted by Crippen LogP contribution is -2.21.